The molecule has 1 N–H and O–H groups in total. The van der Waals surface area contributed by atoms with Crippen molar-refractivity contribution in [1.82, 2.24) is 9.55 Å². The molecule has 0 radical (unpaired) electrons. The molecule has 0 aliphatic carbocycles. The number of oxazole rings is 1. The zero-order valence-electron chi connectivity index (χ0n) is 19.9. The average Bonchev–Trinajstić information content (AvgIpc) is 3.56. The number of aliphatic carboxylic acids is 1. The molecule has 7 nitrogen and oxygen atoms in total. The molecule has 2 heterocycles. The quantitative estimate of drug-likeness (QED) is 0.276. The van der Waals surface area contributed by atoms with Gasteiger partial charge in [0.05, 0.1) is 6.54 Å². The van der Waals surface area contributed by atoms with E-state index in [1.165, 1.54) is 0 Å². The van der Waals surface area contributed by atoms with E-state index in [9.17, 15) is 9.90 Å². The van der Waals surface area contributed by atoms with Gasteiger partial charge in [-0.25, -0.2) is 4.79 Å². The molecule has 0 fully saturated rings. The van der Waals surface area contributed by atoms with Gasteiger partial charge in [-0.15, -0.1) is 0 Å². The largest absolute Gasteiger partial charge is 0.492 e. The molecular weight excluding hydrogens is 454 g/mol. The van der Waals surface area contributed by atoms with Crippen molar-refractivity contribution in [2.75, 3.05) is 25.1 Å². The van der Waals surface area contributed by atoms with Gasteiger partial charge in [-0.2, -0.15) is 4.98 Å². The average molecular weight is 482 g/mol. The molecule has 0 unspecified atom stereocenters. The second-order valence-electron chi connectivity index (χ2n) is 8.65. The van der Waals surface area contributed by atoms with Gasteiger partial charge in [0, 0.05) is 25.9 Å². The van der Waals surface area contributed by atoms with Crippen LogP contribution < -0.4 is 9.64 Å². The maximum absolute atomic E-state index is 12.0. The highest BCUT2D eigenvalue weighted by atomic mass is 16.5. The van der Waals surface area contributed by atoms with Gasteiger partial charge in [0.2, 0.25) is 0 Å². The number of ether oxygens (including phenoxy) is 1. The number of fused-ring (bicyclic) bond motifs is 1. The van der Waals surface area contributed by atoms with Crippen LogP contribution in [0.15, 0.2) is 102 Å². The number of carboxylic acids is 1. The Morgan fingerprint density at radius 2 is 1.75 bits per heavy atom. The molecule has 0 aliphatic rings. The minimum Gasteiger partial charge on any atom is -0.492 e. The zero-order chi connectivity index (χ0) is 24.9. The molecule has 0 aliphatic heterocycles. The standard InChI is InChI=1S/C29H27N3O4/c1-31(29-30-25-9-5-6-10-27(25)36-29)17-18-35-24-13-11-21(12-14-24)19-26(28(33)34)32-16-15-23(20-32)22-7-3-2-4-8-22/h2-16,20,26H,17-19H2,1H3,(H,33,34)/t26-/m0/s1. The Morgan fingerprint density at radius 1 is 1.00 bits per heavy atom. The Labute approximate surface area is 209 Å². The van der Waals surface area contributed by atoms with Gasteiger partial charge in [0.25, 0.3) is 6.01 Å². The lowest BCUT2D eigenvalue weighted by molar-refractivity contribution is -0.140. The molecule has 0 amide bonds. The Hall–Kier alpha value is -4.52. The lowest BCUT2D eigenvalue weighted by Crippen LogP contribution is -2.24. The molecular formula is C29H27N3O4. The van der Waals surface area contributed by atoms with Crippen LogP contribution in [0.25, 0.3) is 22.2 Å². The van der Waals surface area contributed by atoms with Crippen LogP contribution in [-0.2, 0) is 11.2 Å². The molecule has 1 atom stereocenters. The molecule has 3 aromatic carbocycles. The summed E-state index contributed by atoms with van der Waals surface area (Å²) >= 11 is 0. The van der Waals surface area contributed by atoms with Crippen LogP contribution in [0.1, 0.15) is 11.6 Å². The summed E-state index contributed by atoms with van der Waals surface area (Å²) in [4.78, 5) is 18.4. The van der Waals surface area contributed by atoms with Gasteiger partial charge < -0.3 is 23.7 Å². The number of anilines is 1. The van der Waals surface area contributed by atoms with E-state index in [-0.39, 0.29) is 0 Å². The van der Waals surface area contributed by atoms with Crippen LogP contribution >= 0.6 is 0 Å². The van der Waals surface area contributed by atoms with Gasteiger partial charge in [-0.05, 0) is 47.0 Å². The molecule has 0 saturated heterocycles. The third-order valence-electron chi connectivity index (χ3n) is 6.12. The smallest absolute Gasteiger partial charge is 0.327 e. The number of para-hydroxylation sites is 2. The highest BCUT2D eigenvalue weighted by molar-refractivity contribution is 5.74. The summed E-state index contributed by atoms with van der Waals surface area (Å²) in [5, 5.41) is 9.87. The molecule has 5 rings (SSSR count). The fourth-order valence-corrected chi connectivity index (χ4v) is 4.09. The Balaban J connectivity index is 1.17. The van der Waals surface area contributed by atoms with Crippen molar-refractivity contribution < 1.29 is 19.1 Å². The molecule has 36 heavy (non-hydrogen) atoms. The van der Waals surface area contributed by atoms with Gasteiger partial charge in [0.15, 0.2) is 5.58 Å². The highest BCUT2D eigenvalue weighted by Crippen LogP contribution is 2.24. The van der Waals surface area contributed by atoms with E-state index in [0.717, 1.165) is 33.5 Å². The van der Waals surface area contributed by atoms with Gasteiger partial charge in [0.1, 0.15) is 23.9 Å². The highest BCUT2D eigenvalue weighted by Gasteiger charge is 2.20. The molecule has 0 spiro atoms. The summed E-state index contributed by atoms with van der Waals surface area (Å²) in [5.41, 5.74) is 4.56. The first kappa shape index (κ1) is 23.2. The van der Waals surface area contributed by atoms with Crippen LogP contribution in [0.2, 0.25) is 0 Å². The lowest BCUT2D eigenvalue weighted by atomic mass is 10.1. The third-order valence-corrected chi connectivity index (χ3v) is 6.12. The number of carboxylic acid groups (broad SMARTS) is 1. The maximum Gasteiger partial charge on any atom is 0.327 e. The minimum atomic E-state index is -0.868. The van der Waals surface area contributed by atoms with Crippen LogP contribution in [0.4, 0.5) is 6.01 Å². The van der Waals surface area contributed by atoms with Crippen molar-refractivity contribution in [2.45, 2.75) is 12.5 Å². The minimum absolute atomic E-state index is 0.374. The maximum atomic E-state index is 12.0. The van der Waals surface area contributed by atoms with E-state index >= 15 is 0 Å². The third kappa shape index (κ3) is 5.25. The SMILES string of the molecule is CN(CCOc1ccc(C[C@@H](C(=O)O)n2ccc(-c3ccccc3)c2)cc1)c1nc2ccccc2o1. The second kappa shape index (κ2) is 10.4. The number of hydrogen-bond donors (Lipinski definition) is 1. The number of nitrogens with zero attached hydrogens (tertiary/aromatic N) is 3. The van der Waals surface area contributed by atoms with Gasteiger partial charge >= 0.3 is 5.97 Å². The summed E-state index contributed by atoms with van der Waals surface area (Å²) in [6.07, 6.45) is 4.09. The predicted molar refractivity (Wildman–Crippen MR) is 139 cm³/mol. The number of aromatic nitrogens is 2. The van der Waals surface area contributed by atoms with E-state index < -0.39 is 12.0 Å². The zero-order valence-corrected chi connectivity index (χ0v) is 19.9. The predicted octanol–water partition coefficient (Wildman–Crippen LogP) is 5.68. The summed E-state index contributed by atoms with van der Waals surface area (Å²) in [6.45, 7) is 1.06. The normalized spacial score (nSPS) is 11.9. The van der Waals surface area contributed by atoms with E-state index in [4.69, 9.17) is 9.15 Å². The van der Waals surface area contributed by atoms with E-state index in [2.05, 4.69) is 4.98 Å². The topological polar surface area (TPSA) is 80.7 Å². The van der Waals surface area contributed by atoms with E-state index in [1.807, 2.05) is 109 Å². The van der Waals surface area contributed by atoms with Crippen LogP contribution in [-0.4, -0.2) is 40.8 Å². The number of benzene rings is 3. The number of hydrogen-bond acceptors (Lipinski definition) is 5. The van der Waals surface area contributed by atoms with E-state index in [1.54, 1.807) is 4.57 Å². The summed E-state index contributed by atoms with van der Waals surface area (Å²) in [6, 6.07) is 27.0. The van der Waals surface area contributed by atoms with E-state index in [0.29, 0.717) is 25.6 Å². The molecule has 5 aromatic rings. The van der Waals surface area contributed by atoms with Crippen LogP contribution in [0.3, 0.4) is 0 Å². The van der Waals surface area contributed by atoms with Crippen molar-refractivity contribution in [1.29, 1.82) is 0 Å². The Morgan fingerprint density at radius 3 is 2.50 bits per heavy atom. The van der Waals surface area contributed by atoms with Crippen molar-refractivity contribution >= 4 is 23.1 Å². The first-order valence-corrected chi connectivity index (χ1v) is 11.8. The first-order chi connectivity index (χ1) is 17.6. The van der Waals surface area contributed by atoms with Crippen LogP contribution in [0, 0.1) is 0 Å². The molecule has 2 aromatic heterocycles. The fourth-order valence-electron chi connectivity index (χ4n) is 4.09. The summed E-state index contributed by atoms with van der Waals surface area (Å²) < 4.78 is 13.4. The molecule has 7 heteroatoms. The van der Waals surface area contributed by atoms with Gasteiger partial charge in [-0.1, -0.05) is 54.6 Å². The monoisotopic (exact) mass is 481 g/mol. The molecule has 0 saturated carbocycles. The van der Waals surface area contributed by atoms with Crippen molar-refractivity contribution in [3.8, 4) is 16.9 Å². The summed E-state index contributed by atoms with van der Waals surface area (Å²) in [5.74, 6) is -0.142. The first-order valence-electron chi connectivity index (χ1n) is 11.8. The number of rotatable bonds is 10. The number of carbonyl (C=O) groups is 1. The summed E-state index contributed by atoms with van der Waals surface area (Å²) in [7, 11) is 1.91. The van der Waals surface area contributed by atoms with Crippen molar-refractivity contribution in [3.63, 3.8) is 0 Å². The number of likely N-dealkylation sites (N-methyl/N-ethyl adjacent to an activating group) is 1. The van der Waals surface area contributed by atoms with Crippen LogP contribution in [0.5, 0.6) is 5.75 Å². The van der Waals surface area contributed by atoms with Gasteiger partial charge in [-0.3, -0.25) is 0 Å². The molecule has 182 valence electrons. The fraction of sp³-hybridized carbons (Fsp3) is 0.172. The Bertz CT molecular complexity index is 1410. The molecule has 0 bridgehead atoms. The Kier molecular flexibility index (Phi) is 6.71. The lowest BCUT2D eigenvalue weighted by Gasteiger charge is -2.16. The van der Waals surface area contributed by atoms with Crippen molar-refractivity contribution in [3.05, 3.63) is 103 Å². The van der Waals surface area contributed by atoms with Crippen molar-refractivity contribution in [2.24, 2.45) is 0 Å². The second-order valence-corrected chi connectivity index (χ2v) is 8.65.